The minimum atomic E-state index is 0.784. The van der Waals surface area contributed by atoms with Gasteiger partial charge in [-0.05, 0) is 32.6 Å². The van der Waals surface area contributed by atoms with Crippen LogP contribution >= 0.6 is 0 Å². The lowest BCUT2D eigenvalue weighted by molar-refractivity contribution is 0.323. The van der Waals surface area contributed by atoms with Crippen molar-refractivity contribution in [2.75, 3.05) is 0 Å². The molecular weight excluding hydrogens is 180 g/mol. The Kier molecular flexibility index (Phi) is 3.66. The van der Waals surface area contributed by atoms with E-state index in [4.69, 9.17) is 0 Å². The summed E-state index contributed by atoms with van der Waals surface area (Å²) < 4.78 is 0. The maximum Gasteiger partial charge on any atom is 0.000773 e. The summed E-state index contributed by atoms with van der Waals surface area (Å²) in [5.74, 6) is 1.83. The highest BCUT2D eigenvalue weighted by Crippen LogP contribution is 2.34. The predicted octanol–water partition coefficient (Wildman–Crippen LogP) is 4.87. The molecule has 84 valence electrons. The molecule has 0 heterocycles. The second-order valence-electron chi connectivity index (χ2n) is 5.46. The molecule has 0 aromatic carbocycles. The van der Waals surface area contributed by atoms with Crippen LogP contribution in [0, 0.1) is 11.8 Å². The van der Waals surface area contributed by atoms with Crippen molar-refractivity contribution in [1.29, 1.82) is 0 Å². The highest BCUT2D eigenvalue weighted by Gasteiger charge is 2.19. The molecule has 0 saturated heterocycles. The van der Waals surface area contributed by atoms with Crippen LogP contribution in [0.25, 0.3) is 0 Å². The van der Waals surface area contributed by atoms with E-state index in [0.29, 0.717) is 0 Å². The summed E-state index contributed by atoms with van der Waals surface area (Å²) in [5, 5.41) is 0. The highest BCUT2D eigenvalue weighted by molar-refractivity contribution is 5.31. The summed E-state index contributed by atoms with van der Waals surface area (Å²) in [6, 6.07) is 0. The molecule has 1 fully saturated rings. The SMILES string of the molecule is CC1=CC=C(C)C1CCC1CCCCC1. The van der Waals surface area contributed by atoms with Crippen LogP contribution in [0.2, 0.25) is 0 Å². The Morgan fingerprint density at radius 2 is 1.53 bits per heavy atom. The molecule has 0 unspecified atom stereocenters. The van der Waals surface area contributed by atoms with E-state index in [0.717, 1.165) is 11.8 Å². The van der Waals surface area contributed by atoms with Gasteiger partial charge in [0.1, 0.15) is 0 Å². The summed E-state index contributed by atoms with van der Waals surface area (Å²) in [6.45, 7) is 4.58. The van der Waals surface area contributed by atoms with Gasteiger partial charge in [0, 0.05) is 5.92 Å². The first-order chi connectivity index (χ1) is 7.27. The van der Waals surface area contributed by atoms with Gasteiger partial charge in [0.15, 0.2) is 0 Å². The zero-order valence-electron chi connectivity index (χ0n) is 10.3. The van der Waals surface area contributed by atoms with Crippen molar-refractivity contribution in [3.8, 4) is 0 Å². The van der Waals surface area contributed by atoms with Gasteiger partial charge >= 0.3 is 0 Å². The van der Waals surface area contributed by atoms with Crippen LogP contribution in [0.4, 0.5) is 0 Å². The normalized spacial score (nSPS) is 24.1. The Morgan fingerprint density at radius 1 is 0.933 bits per heavy atom. The Hall–Kier alpha value is -0.520. The maximum atomic E-state index is 2.31. The highest BCUT2D eigenvalue weighted by atomic mass is 14.2. The first kappa shape index (κ1) is 11.0. The lowest BCUT2D eigenvalue weighted by Crippen LogP contribution is -2.09. The summed E-state index contributed by atoms with van der Waals surface area (Å²) in [5.41, 5.74) is 3.17. The van der Waals surface area contributed by atoms with Crippen LogP contribution < -0.4 is 0 Å². The minimum Gasteiger partial charge on any atom is -0.0662 e. The molecule has 0 heteroatoms. The number of hydrogen-bond donors (Lipinski definition) is 0. The molecule has 0 bridgehead atoms. The second kappa shape index (κ2) is 5.01. The van der Waals surface area contributed by atoms with Crippen LogP contribution in [0.15, 0.2) is 23.3 Å². The van der Waals surface area contributed by atoms with Gasteiger partial charge in [-0.3, -0.25) is 0 Å². The molecule has 2 aliphatic rings. The van der Waals surface area contributed by atoms with Crippen molar-refractivity contribution in [3.63, 3.8) is 0 Å². The van der Waals surface area contributed by atoms with Gasteiger partial charge in [0.2, 0.25) is 0 Å². The first-order valence-corrected chi connectivity index (χ1v) is 6.62. The summed E-state index contributed by atoms with van der Waals surface area (Å²) in [7, 11) is 0. The van der Waals surface area contributed by atoms with Gasteiger partial charge in [-0.1, -0.05) is 55.4 Å². The average molecular weight is 204 g/mol. The standard InChI is InChI=1S/C15H24/c1-12-8-9-13(2)15(12)11-10-14-6-4-3-5-7-14/h8-9,14-15H,3-7,10-11H2,1-2H3. The van der Waals surface area contributed by atoms with Crippen molar-refractivity contribution in [2.24, 2.45) is 11.8 Å². The lowest BCUT2D eigenvalue weighted by atomic mass is 9.82. The molecule has 0 aliphatic heterocycles. The third-order valence-corrected chi connectivity index (χ3v) is 4.30. The van der Waals surface area contributed by atoms with Gasteiger partial charge < -0.3 is 0 Å². The molecule has 0 amide bonds. The third-order valence-electron chi connectivity index (χ3n) is 4.30. The number of hydrogen-bond acceptors (Lipinski definition) is 0. The van der Waals surface area contributed by atoms with E-state index in [2.05, 4.69) is 26.0 Å². The van der Waals surface area contributed by atoms with E-state index < -0.39 is 0 Å². The Balaban J connectivity index is 1.77. The summed E-state index contributed by atoms with van der Waals surface area (Å²) in [4.78, 5) is 0. The Morgan fingerprint density at radius 3 is 2.13 bits per heavy atom. The van der Waals surface area contributed by atoms with E-state index in [-0.39, 0.29) is 0 Å². The fourth-order valence-corrected chi connectivity index (χ4v) is 3.19. The van der Waals surface area contributed by atoms with Gasteiger partial charge in [-0.2, -0.15) is 0 Å². The van der Waals surface area contributed by atoms with E-state index >= 15 is 0 Å². The zero-order valence-corrected chi connectivity index (χ0v) is 10.3. The predicted molar refractivity (Wildman–Crippen MR) is 66.8 cm³/mol. The molecule has 0 spiro atoms. The van der Waals surface area contributed by atoms with Crippen molar-refractivity contribution < 1.29 is 0 Å². The van der Waals surface area contributed by atoms with Crippen LogP contribution in [0.1, 0.15) is 58.8 Å². The van der Waals surface area contributed by atoms with Crippen LogP contribution in [-0.2, 0) is 0 Å². The van der Waals surface area contributed by atoms with E-state index in [1.54, 1.807) is 11.1 Å². The van der Waals surface area contributed by atoms with Crippen LogP contribution in [0.3, 0.4) is 0 Å². The molecule has 0 aromatic heterocycles. The fraction of sp³-hybridized carbons (Fsp3) is 0.733. The topological polar surface area (TPSA) is 0 Å². The van der Waals surface area contributed by atoms with Crippen molar-refractivity contribution in [1.82, 2.24) is 0 Å². The molecule has 1 saturated carbocycles. The largest absolute Gasteiger partial charge is 0.0662 e. The summed E-state index contributed by atoms with van der Waals surface area (Å²) in [6.07, 6.45) is 14.9. The Labute approximate surface area is 94.5 Å². The molecule has 2 aliphatic carbocycles. The van der Waals surface area contributed by atoms with Crippen molar-refractivity contribution >= 4 is 0 Å². The van der Waals surface area contributed by atoms with E-state index in [9.17, 15) is 0 Å². The lowest BCUT2D eigenvalue weighted by Gasteiger charge is -2.23. The van der Waals surface area contributed by atoms with Gasteiger partial charge in [-0.25, -0.2) is 0 Å². The van der Waals surface area contributed by atoms with Crippen molar-refractivity contribution in [3.05, 3.63) is 23.3 Å². The van der Waals surface area contributed by atoms with E-state index in [1.807, 2.05) is 0 Å². The molecule has 15 heavy (non-hydrogen) atoms. The molecule has 0 aromatic rings. The summed E-state index contributed by atoms with van der Waals surface area (Å²) >= 11 is 0. The Bertz CT molecular complexity index is 246. The van der Waals surface area contributed by atoms with E-state index in [1.165, 1.54) is 44.9 Å². The quantitative estimate of drug-likeness (QED) is 0.615. The second-order valence-corrected chi connectivity index (χ2v) is 5.46. The molecule has 0 N–H and O–H groups in total. The monoisotopic (exact) mass is 204 g/mol. The minimum absolute atomic E-state index is 0.784. The van der Waals surface area contributed by atoms with Crippen LogP contribution in [0.5, 0.6) is 0 Å². The van der Waals surface area contributed by atoms with Crippen molar-refractivity contribution in [2.45, 2.75) is 58.8 Å². The molecule has 2 rings (SSSR count). The number of rotatable bonds is 3. The smallest absolute Gasteiger partial charge is 0.000773 e. The van der Waals surface area contributed by atoms with Gasteiger partial charge in [0.25, 0.3) is 0 Å². The maximum absolute atomic E-state index is 2.31. The number of allylic oxidation sites excluding steroid dienone is 4. The zero-order chi connectivity index (χ0) is 10.7. The first-order valence-electron chi connectivity index (χ1n) is 6.62. The van der Waals surface area contributed by atoms with Gasteiger partial charge in [-0.15, -0.1) is 0 Å². The molecule has 0 atom stereocenters. The molecule has 0 radical (unpaired) electrons. The van der Waals surface area contributed by atoms with Crippen LogP contribution in [-0.4, -0.2) is 0 Å². The molecular formula is C15H24. The average Bonchev–Trinajstić information content (AvgIpc) is 2.58. The fourth-order valence-electron chi connectivity index (χ4n) is 3.19. The third kappa shape index (κ3) is 2.74. The van der Waals surface area contributed by atoms with Gasteiger partial charge in [0.05, 0.1) is 0 Å². The molecule has 0 nitrogen and oxygen atoms in total.